The zero-order chi connectivity index (χ0) is 10.6. The van der Waals surface area contributed by atoms with Crippen molar-refractivity contribution in [1.82, 2.24) is 4.90 Å². The molecule has 0 spiro atoms. The van der Waals surface area contributed by atoms with Crippen LogP contribution in [0.1, 0.15) is 20.3 Å². The molecule has 0 aliphatic carbocycles. The average Bonchev–Trinajstić information content (AvgIpc) is 1.97. The second kappa shape index (κ2) is 4.59. The Bertz CT molecular complexity index is 238. The Morgan fingerprint density at radius 1 is 1.31 bits per heavy atom. The van der Waals surface area contributed by atoms with Crippen LogP contribution in [0.25, 0.3) is 0 Å². The minimum Gasteiger partial charge on any atom is -0.368 e. The van der Waals surface area contributed by atoms with Gasteiger partial charge in [-0.05, 0) is 6.92 Å². The molecule has 0 aromatic carbocycles. The molecule has 0 fully saturated rings. The summed E-state index contributed by atoms with van der Waals surface area (Å²) in [6.07, 6.45) is -0.0224. The van der Waals surface area contributed by atoms with Crippen molar-refractivity contribution < 1.29 is 14.4 Å². The maximum atomic E-state index is 10.9. The standard InChI is InChI=1S/C8H14N2O3/c1-5(11)4-7(8(9)13)10(3)6(2)12/h7H,4H2,1-3H3,(H2,9,13)/t7-/m0/s1. The smallest absolute Gasteiger partial charge is 0.240 e. The first-order chi connectivity index (χ1) is 5.86. The van der Waals surface area contributed by atoms with Gasteiger partial charge in [-0.1, -0.05) is 0 Å². The maximum absolute atomic E-state index is 10.9. The number of hydrogen-bond donors (Lipinski definition) is 1. The van der Waals surface area contributed by atoms with E-state index in [1.54, 1.807) is 0 Å². The number of rotatable bonds is 4. The van der Waals surface area contributed by atoms with Gasteiger partial charge >= 0.3 is 0 Å². The van der Waals surface area contributed by atoms with Crippen LogP contribution in [0, 0.1) is 0 Å². The van der Waals surface area contributed by atoms with Crippen molar-refractivity contribution in [2.75, 3.05) is 7.05 Å². The molecule has 5 nitrogen and oxygen atoms in total. The van der Waals surface area contributed by atoms with Crippen molar-refractivity contribution >= 4 is 17.6 Å². The lowest BCUT2D eigenvalue weighted by molar-refractivity contribution is -0.137. The summed E-state index contributed by atoms with van der Waals surface area (Å²) in [5, 5.41) is 0. The van der Waals surface area contributed by atoms with Crippen LogP contribution < -0.4 is 5.73 Å². The maximum Gasteiger partial charge on any atom is 0.240 e. The lowest BCUT2D eigenvalue weighted by Crippen LogP contribution is -2.45. The van der Waals surface area contributed by atoms with E-state index in [2.05, 4.69) is 0 Å². The van der Waals surface area contributed by atoms with Gasteiger partial charge in [-0.2, -0.15) is 0 Å². The minimum atomic E-state index is -0.824. The number of likely N-dealkylation sites (N-methyl/N-ethyl adjacent to an activating group) is 1. The third-order valence-electron chi connectivity index (χ3n) is 1.77. The molecular formula is C8H14N2O3. The van der Waals surface area contributed by atoms with Crippen LogP contribution in [0.3, 0.4) is 0 Å². The topological polar surface area (TPSA) is 80.5 Å². The first-order valence-electron chi connectivity index (χ1n) is 3.88. The van der Waals surface area contributed by atoms with E-state index in [1.165, 1.54) is 25.8 Å². The van der Waals surface area contributed by atoms with Gasteiger partial charge in [0.05, 0.1) is 0 Å². The van der Waals surface area contributed by atoms with Crippen LogP contribution in [0.4, 0.5) is 0 Å². The molecule has 74 valence electrons. The number of hydrogen-bond acceptors (Lipinski definition) is 3. The van der Waals surface area contributed by atoms with Gasteiger partial charge in [0.15, 0.2) is 0 Å². The van der Waals surface area contributed by atoms with Crippen molar-refractivity contribution in [3.8, 4) is 0 Å². The van der Waals surface area contributed by atoms with Crippen LogP contribution in [0.15, 0.2) is 0 Å². The van der Waals surface area contributed by atoms with Gasteiger partial charge in [0, 0.05) is 20.4 Å². The number of ketones is 1. The summed E-state index contributed by atoms with van der Waals surface area (Å²) in [5.74, 6) is -1.12. The number of primary amides is 1. The van der Waals surface area contributed by atoms with E-state index in [1.807, 2.05) is 0 Å². The second-order valence-electron chi connectivity index (χ2n) is 2.95. The van der Waals surface area contributed by atoms with Crippen molar-refractivity contribution in [2.24, 2.45) is 5.73 Å². The van der Waals surface area contributed by atoms with E-state index in [-0.39, 0.29) is 18.1 Å². The summed E-state index contributed by atoms with van der Waals surface area (Å²) < 4.78 is 0. The van der Waals surface area contributed by atoms with Gasteiger partial charge in [0.1, 0.15) is 11.8 Å². The Labute approximate surface area is 76.9 Å². The summed E-state index contributed by atoms with van der Waals surface area (Å²) in [5.41, 5.74) is 5.04. The zero-order valence-corrected chi connectivity index (χ0v) is 8.03. The third-order valence-corrected chi connectivity index (χ3v) is 1.77. The summed E-state index contributed by atoms with van der Waals surface area (Å²) >= 11 is 0. The molecule has 1 atom stereocenters. The highest BCUT2D eigenvalue weighted by molar-refractivity contribution is 5.90. The highest BCUT2D eigenvalue weighted by Crippen LogP contribution is 2.02. The molecule has 0 aromatic rings. The fourth-order valence-corrected chi connectivity index (χ4v) is 0.920. The molecular weight excluding hydrogens is 172 g/mol. The van der Waals surface area contributed by atoms with E-state index < -0.39 is 11.9 Å². The Hall–Kier alpha value is -1.39. The largest absolute Gasteiger partial charge is 0.368 e. The number of carbonyl (C=O) groups is 3. The van der Waals surface area contributed by atoms with Gasteiger partial charge in [0.25, 0.3) is 0 Å². The Balaban J connectivity index is 4.51. The monoisotopic (exact) mass is 186 g/mol. The van der Waals surface area contributed by atoms with E-state index in [0.29, 0.717) is 0 Å². The second-order valence-corrected chi connectivity index (χ2v) is 2.95. The van der Waals surface area contributed by atoms with Crippen molar-refractivity contribution in [1.29, 1.82) is 0 Å². The number of nitrogens with two attached hydrogens (primary N) is 1. The van der Waals surface area contributed by atoms with Crippen molar-refractivity contribution in [2.45, 2.75) is 26.3 Å². The van der Waals surface area contributed by atoms with E-state index >= 15 is 0 Å². The fourth-order valence-electron chi connectivity index (χ4n) is 0.920. The molecule has 0 aliphatic rings. The zero-order valence-electron chi connectivity index (χ0n) is 8.03. The lowest BCUT2D eigenvalue weighted by atomic mass is 10.1. The van der Waals surface area contributed by atoms with Crippen LogP contribution in [0.2, 0.25) is 0 Å². The Morgan fingerprint density at radius 3 is 2.00 bits per heavy atom. The van der Waals surface area contributed by atoms with Crippen LogP contribution in [-0.4, -0.2) is 35.6 Å². The highest BCUT2D eigenvalue weighted by Gasteiger charge is 2.23. The van der Waals surface area contributed by atoms with Gasteiger partial charge in [-0.3, -0.25) is 14.4 Å². The quantitative estimate of drug-likeness (QED) is 0.630. The molecule has 5 heteroatoms. The van der Waals surface area contributed by atoms with E-state index in [9.17, 15) is 14.4 Å². The molecule has 0 aromatic heterocycles. The fraction of sp³-hybridized carbons (Fsp3) is 0.625. The number of nitrogens with zero attached hydrogens (tertiary/aromatic N) is 1. The minimum absolute atomic E-state index is 0.0224. The molecule has 2 amide bonds. The molecule has 0 aliphatic heterocycles. The lowest BCUT2D eigenvalue weighted by Gasteiger charge is -2.23. The van der Waals surface area contributed by atoms with Crippen LogP contribution in [0.5, 0.6) is 0 Å². The summed E-state index contributed by atoms with van der Waals surface area (Å²) in [7, 11) is 1.45. The molecule has 0 heterocycles. The molecule has 2 N–H and O–H groups in total. The normalized spacial score (nSPS) is 11.9. The summed E-state index contributed by atoms with van der Waals surface area (Å²) in [6.45, 7) is 2.67. The number of carbonyl (C=O) groups excluding carboxylic acids is 3. The molecule has 0 saturated heterocycles. The SMILES string of the molecule is CC(=O)C[C@@H](C(N)=O)N(C)C(C)=O. The molecule has 0 rings (SSSR count). The molecule has 0 bridgehead atoms. The van der Waals surface area contributed by atoms with Gasteiger partial charge in [-0.15, -0.1) is 0 Å². The number of Topliss-reactive ketones (excluding diaryl/α,β-unsaturated/α-hetero) is 1. The highest BCUT2D eigenvalue weighted by atomic mass is 16.2. The van der Waals surface area contributed by atoms with Gasteiger partial charge < -0.3 is 10.6 Å². The summed E-state index contributed by atoms with van der Waals surface area (Å²) in [4.78, 5) is 33.6. The molecule has 0 radical (unpaired) electrons. The van der Waals surface area contributed by atoms with Gasteiger partial charge in [0.2, 0.25) is 11.8 Å². The van der Waals surface area contributed by atoms with Gasteiger partial charge in [-0.25, -0.2) is 0 Å². The third kappa shape index (κ3) is 3.68. The molecule has 13 heavy (non-hydrogen) atoms. The molecule has 0 unspecified atom stereocenters. The summed E-state index contributed by atoms with van der Waals surface area (Å²) in [6, 6.07) is -0.824. The Morgan fingerprint density at radius 2 is 1.77 bits per heavy atom. The predicted molar refractivity (Wildman–Crippen MR) is 46.7 cm³/mol. The first-order valence-corrected chi connectivity index (χ1v) is 3.88. The van der Waals surface area contributed by atoms with Crippen LogP contribution >= 0.6 is 0 Å². The van der Waals surface area contributed by atoms with Crippen molar-refractivity contribution in [3.63, 3.8) is 0 Å². The first kappa shape index (κ1) is 11.6. The number of amides is 2. The van der Waals surface area contributed by atoms with E-state index in [0.717, 1.165) is 0 Å². The predicted octanol–water partition coefficient (Wildman–Crippen LogP) is -0.702. The van der Waals surface area contributed by atoms with Crippen molar-refractivity contribution in [3.05, 3.63) is 0 Å². The average molecular weight is 186 g/mol. The molecule has 0 saturated carbocycles. The van der Waals surface area contributed by atoms with Crippen LogP contribution in [-0.2, 0) is 14.4 Å². The Kier molecular flexibility index (Phi) is 4.10. The van der Waals surface area contributed by atoms with E-state index in [4.69, 9.17) is 5.73 Å².